The third-order valence-corrected chi connectivity index (χ3v) is 3.50. The second-order valence-electron chi connectivity index (χ2n) is 5.15. The summed E-state index contributed by atoms with van der Waals surface area (Å²) >= 11 is 0. The lowest BCUT2D eigenvalue weighted by molar-refractivity contribution is 0.293. The van der Waals surface area contributed by atoms with E-state index in [1.54, 1.807) is 6.08 Å². The van der Waals surface area contributed by atoms with Crippen LogP contribution < -0.4 is 0 Å². The summed E-state index contributed by atoms with van der Waals surface area (Å²) in [6.45, 7) is 3.72. The maximum Gasteiger partial charge on any atom is 0.237 e. The van der Waals surface area contributed by atoms with Crippen molar-refractivity contribution in [3.05, 3.63) is 54.1 Å². The lowest BCUT2D eigenvalue weighted by atomic mass is 9.73. The number of rotatable bonds is 3. The molecule has 108 valence electrons. The Kier molecular flexibility index (Phi) is 4.93. The highest BCUT2D eigenvalue weighted by Gasteiger charge is 2.44. The van der Waals surface area contributed by atoms with Crippen LogP contribution in [0, 0.1) is 5.41 Å². The summed E-state index contributed by atoms with van der Waals surface area (Å²) in [5.74, 6) is 0. The summed E-state index contributed by atoms with van der Waals surface area (Å²) in [6.07, 6.45) is 8.39. The van der Waals surface area contributed by atoms with Gasteiger partial charge in [0.05, 0.1) is 0 Å². The van der Waals surface area contributed by atoms with E-state index >= 15 is 0 Å². The molecule has 1 aliphatic rings. The minimum atomic E-state index is -1.27. The van der Waals surface area contributed by atoms with Crippen molar-refractivity contribution >= 4 is 17.7 Å². The molecule has 0 spiro atoms. The Morgan fingerprint density at radius 1 is 1.00 bits per heavy atom. The Labute approximate surface area is 124 Å². The highest BCUT2D eigenvalue weighted by atomic mass is 16.1. The number of benzene rings is 1. The van der Waals surface area contributed by atoms with Crippen LogP contribution in [0.25, 0.3) is 5.57 Å². The highest BCUT2D eigenvalue weighted by Crippen LogP contribution is 2.43. The third-order valence-electron chi connectivity index (χ3n) is 3.50. The second-order valence-corrected chi connectivity index (χ2v) is 5.15. The standard InChI is InChI=1S/C16H14N2O2.CH4/c1-15(2)10-14(13-6-4-3-5-7-13)8-9-16(15,17-11-19)18-12-20;/h3-10H,1-2H3;1H4. The van der Waals surface area contributed by atoms with Crippen LogP contribution in [-0.2, 0) is 9.59 Å². The van der Waals surface area contributed by atoms with E-state index in [-0.39, 0.29) is 7.43 Å². The zero-order valence-corrected chi connectivity index (χ0v) is 11.3. The fourth-order valence-corrected chi connectivity index (χ4v) is 2.30. The molecule has 0 N–H and O–H groups in total. The van der Waals surface area contributed by atoms with Gasteiger partial charge in [0.25, 0.3) is 0 Å². The van der Waals surface area contributed by atoms with Crippen molar-refractivity contribution in [2.24, 2.45) is 15.4 Å². The number of hydrogen-bond donors (Lipinski definition) is 0. The van der Waals surface area contributed by atoms with Gasteiger partial charge in [-0.25, -0.2) is 9.59 Å². The van der Waals surface area contributed by atoms with Gasteiger partial charge in [-0.05, 0) is 17.2 Å². The molecule has 4 nitrogen and oxygen atoms in total. The second kappa shape index (κ2) is 6.27. The van der Waals surface area contributed by atoms with Gasteiger partial charge in [0.2, 0.25) is 17.8 Å². The fourth-order valence-electron chi connectivity index (χ4n) is 2.30. The number of hydrogen-bond acceptors (Lipinski definition) is 4. The molecule has 0 atom stereocenters. The Balaban J connectivity index is 0.00000220. The molecule has 0 aromatic heterocycles. The zero-order chi connectivity index (χ0) is 14.6. The number of nitrogens with zero attached hydrogens (tertiary/aromatic N) is 2. The molecule has 1 aliphatic carbocycles. The summed E-state index contributed by atoms with van der Waals surface area (Å²) in [4.78, 5) is 28.8. The molecule has 1 aromatic rings. The quantitative estimate of drug-likeness (QED) is 0.627. The van der Waals surface area contributed by atoms with E-state index in [4.69, 9.17) is 0 Å². The monoisotopic (exact) mass is 282 g/mol. The predicted molar refractivity (Wildman–Crippen MR) is 83.0 cm³/mol. The molecule has 0 unspecified atom stereocenters. The fraction of sp³-hybridized carbons (Fsp3) is 0.294. The molecular weight excluding hydrogens is 264 g/mol. The van der Waals surface area contributed by atoms with E-state index in [1.165, 1.54) is 12.2 Å². The minimum absolute atomic E-state index is 0. The zero-order valence-electron chi connectivity index (χ0n) is 11.3. The van der Waals surface area contributed by atoms with E-state index in [9.17, 15) is 9.59 Å². The topological polar surface area (TPSA) is 58.9 Å². The van der Waals surface area contributed by atoms with Gasteiger partial charge in [-0.15, -0.1) is 0 Å². The maximum absolute atomic E-state index is 10.7. The van der Waals surface area contributed by atoms with E-state index in [0.29, 0.717) is 0 Å². The van der Waals surface area contributed by atoms with Gasteiger partial charge in [0.15, 0.2) is 0 Å². The van der Waals surface area contributed by atoms with Crippen LogP contribution in [0.4, 0.5) is 0 Å². The first-order chi connectivity index (χ1) is 9.54. The molecule has 0 bridgehead atoms. The van der Waals surface area contributed by atoms with Gasteiger partial charge in [0, 0.05) is 5.41 Å². The molecule has 0 saturated heterocycles. The van der Waals surface area contributed by atoms with Gasteiger partial charge in [-0.3, -0.25) is 0 Å². The number of carbonyl (C=O) groups excluding carboxylic acids is 2. The van der Waals surface area contributed by atoms with Crippen LogP contribution in [0.2, 0.25) is 0 Å². The molecule has 2 rings (SSSR count). The summed E-state index contributed by atoms with van der Waals surface area (Å²) in [5, 5.41) is 0. The molecule has 0 amide bonds. The van der Waals surface area contributed by atoms with Gasteiger partial charge in [-0.1, -0.05) is 63.8 Å². The smallest absolute Gasteiger partial charge is 0.211 e. The van der Waals surface area contributed by atoms with Crippen molar-refractivity contribution in [2.75, 3.05) is 0 Å². The summed E-state index contributed by atoms with van der Waals surface area (Å²) in [6, 6.07) is 9.83. The summed E-state index contributed by atoms with van der Waals surface area (Å²) in [5.41, 5.74) is 0.139. The SMILES string of the molecule is C.CC1(C)C=C(c2ccccc2)C=CC1(N=C=O)N=C=O. The molecule has 1 aromatic carbocycles. The summed E-state index contributed by atoms with van der Waals surface area (Å²) < 4.78 is 0. The minimum Gasteiger partial charge on any atom is -0.211 e. The van der Waals surface area contributed by atoms with Crippen LogP contribution in [0.1, 0.15) is 26.8 Å². The molecule has 0 aliphatic heterocycles. The number of isocyanates is 2. The largest absolute Gasteiger partial charge is 0.237 e. The van der Waals surface area contributed by atoms with Crippen LogP contribution in [0.3, 0.4) is 0 Å². The lowest BCUT2D eigenvalue weighted by Gasteiger charge is -2.37. The van der Waals surface area contributed by atoms with Gasteiger partial charge < -0.3 is 0 Å². The van der Waals surface area contributed by atoms with Gasteiger partial charge >= 0.3 is 0 Å². The van der Waals surface area contributed by atoms with Gasteiger partial charge in [0.1, 0.15) is 0 Å². The van der Waals surface area contributed by atoms with E-state index < -0.39 is 11.1 Å². The first-order valence-corrected chi connectivity index (χ1v) is 6.20. The van der Waals surface area contributed by atoms with Crippen molar-refractivity contribution in [1.82, 2.24) is 0 Å². The Morgan fingerprint density at radius 3 is 2.05 bits per heavy atom. The van der Waals surface area contributed by atoms with Crippen molar-refractivity contribution < 1.29 is 9.59 Å². The Morgan fingerprint density at radius 2 is 1.57 bits per heavy atom. The third kappa shape index (κ3) is 2.97. The average molecular weight is 282 g/mol. The molecule has 21 heavy (non-hydrogen) atoms. The van der Waals surface area contributed by atoms with E-state index in [0.717, 1.165) is 11.1 Å². The van der Waals surface area contributed by atoms with Crippen LogP contribution in [0.5, 0.6) is 0 Å². The molecule has 0 fully saturated rings. The maximum atomic E-state index is 10.7. The Bertz CT molecular complexity index is 641. The lowest BCUT2D eigenvalue weighted by Crippen LogP contribution is -2.39. The van der Waals surface area contributed by atoms with E-state index in [1.807, 2.05) is 56.3 Å². The number of allylic oxidation sites excluding steroid dienone is 2. The van der Waals surface area contributed by atoms with Crippen molar-refractivity contribution in [3.63, 3.8) is 0 Å². The molecule has 0 heterocycles. The molecule has 0 saturated carbocycles. The van der Waals surface area contributed by atoms with Gasteiger partial charge in [-0.2, -0.15) is 9.98 Å². The first kappa shape index (κ1) is 16.5. The molecule has 4 heteroatoms. The van der Waals surface area contributed by atoms with Crippen LogP contribution >= 0.6 is 0 Å². The van der Waals surface area contributed by atoms with Crippen molar-refractivity contribution in [3.8, 4) is 0 Å². The Hall–Kier alpha value is -2.54. The van der Waals surface area contributed by atoms with Crippen molar-refractivity contribution in [2.45, 2.75) is 26.9 Å². The molecule has 0 radical (unpaired) electrons. The predicted octanol–water partition coefficient (Wildman–Crippen LogP) is 3.67. The van der Waals surface area contributed by atoms with Crippen LogP contribution in [-0.4, -0.2) is 17.8 Å². The highest BCUT2D eigenvalue weighted by molar-refractivity contribution is 5.76. The number of aliphatic imine (C=N–C) groups is 2. The van der Waals surface area contributed by atoms with E-state index in [2.05, 4.69) is 9.98 Å². The average Bonchev–Trinajstić information content (AvgIpc) is 2.43. The van der Waals surface area contributed by atoms with Crippen LogP contribution in [0.15, 0.2) is 58.5 Å². The van der Waals surface area contributed by atoms with Crippen molar-refractivity contribution in [1.29, 1.82) is 0 Å². The first-order valence-electron chi connectivity index (χ1n) is 6.20. The normalized spacial score (nSPS) is 22.1. The molecular formula is C17H18N2O2. The summed E-state index contributed by atoms with van der Waals surface area (Å²) in [7, 11) is 0.